The lowest BCUT2D eigenvalue weighted by atomic mass is 10.2. The fourth-order valence-corrected chi connectivity index (χ4v) is 2.97. The number of phenolic OH excluding ortho intramolecular Hbond substituents is 1. The van der Waals surface area contributed by atoms with Crippen molar-refractivity contribution in [3.05, 3.63) is 92.9 Å². The van der Waals surface area contributed by atoms with E-state index in [9.17, 15) is 9.90 Å². The highest BCUT2D eigenvalue weighted by atomic mass is 79.9. The van der Waals surface area contributed by atoms with Crippen molar-refractivity contribution < 1.29 is 14.6 Å². The van der Waals surface area contributed by atoms with E-state index in [-0.39, 0.29) is 12.4 Å². The summed E-state index contributed by atoms with van der Waals surface area (Å²) < 4.78 is 6.57. The highest BCUT2D eigenvalue weighted by Gasteiger charge is 2.12. The van der Waals surface area contributed by atoms with Gasteiger partial charge in [-0.05, 0) is 36.4 Å². The van der Waals surface area contributed by atoms with Gasteiger partial charge in [-0.25, -0.2) is 5.43 Å². The zero-order valence-corrected chi connectivity index (χ0v) is 16.9. The van der Waals surface area contributed by atoms with Crippen LogP contribution in [0.3, 0.4) is 0 Å². The van der Waals surface area contributed by atoms with Gasteiger partial charge in [-0.3, -0.25) is 4.79 Å². The number of carbonyl (C=O) groups excluding carboxylic acids is 1. The maximum atomic E-state index is 12.5. The number of hydrazone groups is 1. The second-order valence-electron chi connectivity index (χ2n) is 5.78. The van der Waals surface area contributed by atoms with E-state index in [0.717, 1.165) is 10.0 Å². The van der Waals surface area contributed by atoms with Crippen LogP contribution in [0.5, 0.6) is 11.5 Å². The molecule has 0 fully saturated rings. The van der Waals surface area contributed by atoms with E-state index in [2.05, 4.69) is 26.5 Å². The molecule has 0 radical (unpaired) electrons. The molecular weight excluding hydrogens is 444 g/mol. The second-order valence-corrected chi connectivity index (χ2v) is 7.10. The number of ether oxygens (including phenoxy) is 1. The van der Waals surface area contributed by atoms with Gasteiger partial charge in [0.15, 0.2) is 0 Å². The molecule has 0 aliphatic rings. The van der Waals surface area contributed by atoms with Gasteiger partial charge in [0.25, 0.3) is 5.91 Å². The van der Waals surface area contributed by atoms with Gasteiger partial charge in [0, 0.05) is 20.6 Å². The molecule has 0 aliphatic carbocycles. The number of phenols is 1. The van der Waals surface area contributed by atoms with Crippen molar-refractivity contribution >= 4 is 39.7 Å². The summed E-state index contributed by atoms with van der Waals surface area (Å²) >= 11 is 9.46. The number of nitrogens with one attached hydrogen (secondary N) is 1. The lowest BCUT2D eigenvalue weighted by Crippen LogP contribution is -2.18. The molecule has 0 atom stereocenters. The van der Waals surface area contributed by atoms with Gasteiger partial charge < -0.3 is 9.84 Å². The molecule has 0 saturated heterocycles. The Labute approximate surface area is 175 Å². The molecule has 5 nitrogen and oxygen atoms in total. The molecule has 0 unspecified atom stereocenters. The minimum Gasteiger partial charge on any atom is -0.507 e. The third kappa shape index (κ3) is 5.12. The smallest absolute Gasteiger partial charge is 0.275 e. The molecule has 0 bridgehead atoms. The van der Waals surface area contributed by atoms with Crippen LogP contribution in [0, 0.1) is 0 Å². The maximum absolute atomic E-state index is 12.5. The van der Waals surface area contributed by atoms with E-state index < -0.39 is 5.91 Å². The van der Waals surface area contributed by atoms with Gasteiger partial charge in [-0.2, -0.15) is 5.10 Å². The summed E-state index contributed by atoms with van der Waals surface area (Å²) in [6.45, 7) is 0.235. The first-order chi connectivity index (χ1) is 13.5. The Morgan fingerprint density at radius 1 is 1.14 bits per heavy atom. The Morgan fingerprint density at radius 2 is 1.89 bits per heavy atom. The van der Waals surface area contributed by atoms with Gasteiger partial charge in [0.2, 0.25) is 0 Å². The zero-order valence-electron chi connectivity index (χ0n) is 14.6. The quantitative estimate of drug-likeness (QED) is 0.395. The molecule has 0 aliphatic heterocycles. The molecule has 0 saturated carbocycles. The van der Waals surface area contributed by atoms with Crippen molar-refractivity contribution in [1.82, 2.24) is 5.43 Å². The second kappa shape index (κ2) is 9.39. The summed E-state index contributed by atoms with van der Waals surface area (Å²) in [5.41, 5.74) is 4.07. The topological polar surface area (TPSA) is 70.9 Å². The number of hydrogen-bond donors (Lipinski definition) is 2. The Morgan fingerprint density at radius 3 is 2.71 bits per heavy atom. The monoisotopic (exact) mass is 458 g/mol. The number of benzene rings is 3. The van der Waals surface area contributed by atoms with Gasteiger partial charge in [-0.15, -0.1) is 0 Å². The standard InChI is InChI=1S/C21H16BrClN2O3/c22-16-9-10-19(26)15(11-16)12-24-25-21(27)17-6-2-4-8-20(17)28-13-14-5-1-3-7-18(14)23/h1-12,26H,13H2,(H,25,27)/b24-12+. The number of rotatable bonds is 6. The predicted molar refractivity (Wildman–Crippen MR) is 113 cm³/mol. The average molecular weight is 460 g/mol. The molecule has 7 heteroatoms. The number of aromatic hydroxyl groups is 1. The van der Waals surface area contributed by atoms with E-state index in [1.807, 2.05) is 18.2 Å². The van der Waals surface area contributed by atoms with Crippen LogP contribution in [-0.4, -0.2) is 17.2 Å². The summed E-state index contributed by atoms with van der Waals surface area (Å²) in [6.07, 6.45) is 1.37. The van der Waals surface area contributed by atoms with E-state index in [0.29, 0.717) is 21.9 Å². The van der Waals surface area contributed by atoms with E-state index in [1.165, 1.54) is 12.3 Å². The van der Waals surface area contributed by atoms with Crippen molar-refractivity contribution in [3.8, 4) is 11.5 Å². The van der Waals surface area contributed by atoms with E-state index in [1.54, 1.807) is 42.5 Å². The first kappa shape index (κ1) is 19.9. The van der Waals surface area contributed by atoms with Crippen LogP contribution in [0.1, 0.15) is 21.5 Å². The molecule has 0 heterocycles. The molecule has 0 spiro atoms. The van der Waals surface area contributed by atoms with Crippen molar-refractivity contribution in [3.63, 3.8) is 0 Å². The lowest BCUT2D eigenvalue weighted by molar-refractivity contribution is 0.0950. The fourth-order valence-electron chi connectivity index (χ4n) is 2.40. The molecule has 28 heavy (non-hydrogen) atoms. The number of halogens is 2. The van der Waals surface area contributed by atoms with Gasteiger partial charge >= 0.3 is 0 Å². The Hall–Kier alpha value is -2.83. The molecule has 3 aromatic carbocycles. The molecule has 1 amide bonds. The number of nitrogens with zero attached hydrogens (tertiary/aromatic N) is 1. The highest BCUT2D eigenvalue weighted by molar-refractivity contribution is 9.10. The number of carbonyl (C=O) groups is 1. The highest BCUT2D eigenvalue weighted by Crippen LogP contribution is 2.22. The Kier molecular flexibility index (Phi) is 6.68. The Balaban J connectivity index is 1.69. The van der Waals surface area contributed by atoms with Crippen LogP contribution < -0.4 is 10.2 Å². The normalized spacial score (nSPS) is 10.8. The van der Waals surface area contributed by atoms with Crippen LogP contribution >= 0.6 is 27.5 Å². The van der Waals surface area contributed by atoms with Gasteiger partial charge in [-0.1, -0.05) is 57.9 Å². The summed E-state index contributed by atoms with van der Waals surface area (Å²) in [6, 6.07) is 19.1. The lowest BCUT2D eigenvalue weighted by Gasteiger charge is -2.11. The number of hydrogen-bond acceptors (Lipinski definition) is 4. The molecule has 3 rings (SSSR count). The van der Waals surface area contributed by atoms with Crippen LogP contribution in [-0.2, 0) is 6.61 Å². The van der Waals surface area contributed by atoms with Crippen LogP contribution in [0.25, 0.3) is 0 Å². The number of amides is 1. The van der Waals surface area contributed by atoms with Crippen LogP contribution in [0.4, 0.5) is 0 Å². The minimum atomic E-state index is -0.430. The van der Waals surface area contributed by atoms with E-state index >= 15 is 0 Å². The average Bonchev–Trinajstić information content (AvgIpc) is 2.70. The third-order valence-corrected chi connectivity index (χ3v) is 4.69. The molecule has 0 aromatic heterocycles. The largest absolute Gasteiger partial charge is 0.507 e. The third-order valence-electron chi connectivity index (χ3n) is 3.83. The summed E-state index contributed by atoms with van der Waals surface area (Å²) in [5.74, 6) is 0.0468. The van der Waals surface area contributed by atoms with E-state index in [4.69, 9.17) is 16.3 Å². The summed E-state index contributed by atoms with van der Waals surface area (Å²) in [4.78, 5) is 12.5. The minimum absolute atomic E-state index is 0.0599. The van der Waals surface area contributed by atoms with Crippen molar-refractivity contribution in [1.29, 1.82) is 0 Å². The molecule has 3 aromatic rings. The van der Waals surface area contributed by atoms with Crippen molar-refractivity contribution in [2.75, 3.05) is 0 Å². The molecule has 142 valence electrons. The molecular formula is C21H16BrClN2O3. The fraction of sp³-hybridized carbons (Fsp3) is 0.0476. The zero-order chi connectivity index (χ0) is 19.9. The summed E-state index contributed by atoms with van der Waals surface area (Å²) in [7, 11) is 0. The van der Waals surface area contributed by atoms with Crippen LogP contribution in [0.2, 0.25) is 5.02 Å². The first-order valence-corrected chi connectivity index (χ1v) is 9.49. The first-order valence-electron chi connectivity index (χ1n) is 8.32. The molecule has 2 N–H and O–H groups in total. The number of para-hydroxylation sites is 1. The van der Waals surface area contributed by atoms with Crippen LogP contribution in [0.15, 0.2) is 76.3 Å². The van der Waals surface area contributed by atoms with Crippen molar-refractivity contribution in [2.45, 2.75) is 6.61 Å². The van der Waals surface area contributed by atoms with Gasteiger partial charge in [0.1, 0.15) is 18.1 Å². The van der Waals surface area contributed by atoms with Crippen molar-refractivity contribution in [2.24, 2.45) is 5.10 Å². The van der Waals surface area contributed by atoms with Gasteiger partial charge in [0.05, 0.1) is 11.8 Å². The summed E-state index contributed by atoms with van der Waals surface area (Å²) in [5, 5.41) is 14.3. The SMILES string of the molecule is O=C(N/N=C/c1cc(Br)ccc1O)c1ccccc1OCc1ccccc1Cl. The Bertz CT molecular complexity index is 1020. The predicted octanol–water partition coefficient (Wildman–Crippen LogP) is 5.15. The maximum Gasteiger partial charge on any atom is 0.275 e.